The number of carbonyl (C=O) groups is 1. The molecule has 0 fully saturated rings. The van der Waals surface area contributed by atoms with E-state index in [2.05, 4.69) is 36.1 Å². The van der Waals surface area contributed by atoms with Gasteiger partial charge in [-0.25, -0.2) is 14.6 Å². The molecule has 0 saturated heterocycles. The summed E-state index contributed by atoms with van der Waals surface area (Å²) in [7, 11) is 0. The van der Waals surface area contributed by atoms with E-state index in [0.29, 0.717) is 16.5 Å². The number of thiazole rings is 1. The highest BCUT2D eigenvalue weighted by molar-refractivity contribution is 7.13. The maximum Gasteiger partial charge on any atom is 0.230 e. The van der Waals surface area contributed by atoms with E-state index in [0.717, 1.165) is 17.2 Å². The third kappa shape index (κ3) is 4.35. The first-order chi connectivity index (χ1) is 13.7. The summed E-state index contributed by atoms with van der Waals surface area (Å²) in [6.45, 7) is 1.93. The first-order valence-corrected chi connectivity index (χ1v) is 9.32. The number of aryl methyl sites for hydroxylation is 1. The molecule has 28 heavy (non-hydrogen) atoms. The van der Waals surface area contributed by atoms with E-state index in [1.54, 1.807) is 16.8 Å². The zero-order chi connectivity index (χ0) is 19.3. The maximum absolute atomic E-state index is 12.3. The van der Waals surface area contributed by atoms with Crippen molar-refractivity contribution in [2.75, 3.05) is 10.6 Å². The van der Waals surface area contributed by atoms with Gasteiger partial charge in [0.1, 0.15) is 12.1 Å². The van der Waals surface area contributed by atoms with Gasteiger partial charge in [0.25, 0.3) is 0 Å². The summed E-state index contributed by atoms with van der Waals surface area (Å²) in [6.07, 6.45) is 1.70. The van der Waals surface area contributed by atoms with Crippen LogP contribution in [0.25, 0.3) is 5.69 Å². The van der Waals surface area contributed by atoms with Crippen molar-refractivity contribution >= 4 is 33.9 Å². The van der Waals surface area contributed by atoms with Gasteiger partial charge in [-0.2, -0.15) is 0 Å². The third-order valence-electron chi connectivity index (χ3n) is 3.78. The van der Waals surface area contributed by atoms with Crippen LogP contribution in [0.1, 0.15) is 11.4 Å². The Morgan fingerprint density at radius 1 is 1.14 bits per heavy atom. The molecule has 0 aliphatic heterocycles. The Balaban J connectivity index is 1.34. The van der Waals surface area contributed by atoms with Crippen LogP contribution in [0.5, 0.6) is 0 Å². The molecule has 4 aromatic rings. The van der Waals surface area contributed by atoms with Gasteiger partial charge in [-0.1, -0.05) is 6.07 Å². The monoisotopic (exact) mass is 392 g/mol. The molecule has 1 aromatic carbocycles. The van der Waals surface area contributed by atoms with Crippen molar-refractivity contribution in [2.24, 2.45) is 0 Å². The Bertz CT molecular complexity index is 1080. The summed E-state index contributed by atoms with van der Waals surface area (Å²) in [5.41, 5.74) is 3.12. The standard InChI is InChI=1S/C18H16N8OS/c1-12-3-2-4-16(20-12)23-18-22-14(10-28-18)9-17(27)21-13-5-7-15(8-6-13)26-11-19-24-25-26/h2-8,10-11H,9H2,1H3,(H,21,27)(H,20,22,23). The highest BCUT2D eigenvalue weighted by atomic mass is 32.1. The summed E-state index contributed by atoms with van der Waals surface area (Å²) in [5.74, 6) is 0.591. The van der Waals surface area contributed by atoms with Gasteiger partial charge in [0, 0.05) is 16.8 Å². The molecule has 0 saturated carbocycles. The van der Waals surface area contributed by atoms with Gasteiger partial charge in [0.05, 0.1) is 17.8 Å². The molecular weight excluding hydrogens is 376 g/mol. The van der Waals surface area contributed by atoms with Gasteiger partial charge in [0.15, 0.2) is 5.13 Å². The van der Waals surface area contributed by atoms with Crippen molar-refractivity contribution in [3.8, 4) is 5.69 Å². The zero-order valence-corrected chi connectivity index (χ0v) is 15.7. The zero-order valence-electron chi connectivity index (χ0n) is 14.9. The first-order valence-electron chi connectivity index (χ1n) is 8.44. The number of rotatable bonds is 6. The first kappa shape index (κ1) is 17.7. The van der Waals surface area contributed by atoms with E-state index in [1.807, 2.05) is 42.6 Å². The fourth-order valence-corrected chi connectivity index (χ4v) is 3.23. The summed E-state index contributed by atoms with van der Waals surface area (Å²) in [5, 5.41) is 19.6. The smallest absolute Gasteiger partial charge is 0.230 e. The van der Waals surface area contributed by atoms with Gasteiger partial charge >= 0.3 is 0 Å². The molecule has 3 heterocycles. The minimum Gasteiger partial charge on any atom is -0.326 e. The molecule has 3 aromatic heterocycles. The van der Waals surface area contributed by atoms with Gasteiger partial charge in [-0.15, -0.1) is 16.4 Å². The van der Waals surface area contributed by atoms with Crippen LogP contribution in [-0.2, 0) is 11.2 Å². The molecule has 1 amide bonds. The van der Waals surface area contributed by atoms with E-state index in [9.17, 15) is 4.79 Å². The highest BCUT2D eigenvalue weighted by Gasteiger charge is 2.09. The second-order valence-corrected chi connectivity index (χ2v) is 6.82. The summed E-state index contributed by atoms with van der Waals surface area (Å²) in [6, 6.07) is 13.0. The molecular formula is C18H16N8OS. The van der Waals surface area contributed by atoms with Crippen LogP contribution < -0.4 is 10.6 Å². The van der Waals surface area contributed by atoms with Crippen molar-refractivity contribution in [1.29, 1.82) is 0 Å². The lowest BCUT2D eigenvalue weighted by Crippen LogP contribution is -2.14. The molecule has 0 atom stereocenters. The van der Waals surface area contributed by atoms with Crippen LogP contribution >= 0.6 is 11.3 Å². The lowest BCUT2D eigenvalue weighted by atomic mass is 10.2. The van der Waals surface area contributed by atoms with Crippen LogP contribution in [-0.4, -0.2) is 36.1 Å². The number of pyridine rings is 1. The van der Waals surface area contributed by atoms with Crippen LogP contribution in [0.3, 0.4) is 0 Å². The minimum atomic E-state index is -0.138. The number of hydrogen-bond donors (Lipinski definition) is 2. The van der Waals surface area contributed by atoms with Crippen LogP contribution in [0.15, 0.2) is 54.2 Å². The van der Waals surface area contributed by atoms with Gasteiger partial charge in [-0.05, 0) is 53.7 Å². The van der Waals surface area contributed by atoms with Gasteiger partial charge in [0.2, 0.25) is 5.91 Å². The number of nitrogens with zero attached hydrogens (tertiary/aromatic N) is 6. The number of benzene rings is 1. The van der Waals surface area contributed by atoms with E-state index in [1.165, 1.54) is 17.7 Å². The van der Waals surface area contributed by atoms with Crippen molar-refractivity contribution < 1.29 is 4.79 Å². The molecule has 0 unspecified atom stereocenters. The maximum atomic E-state index is 12.3. The van der Waals surface area contributed by atoms with Crippen molar-refractivity contribution in [3.05, 3.63) is 65.6 Å². The Morgan fingerprint density at radius 3 is 2.75 bits per heavy atom. The van der Waals surface area contributed by atoms with Crippen LogP contribution in [0.2, 0.25) is 0 Å². The molecule has 4 rings (SSSR count). The van der Waals surface area contributed by atoms with Gasteiger partial charge in [-0.3, -0.25) is 4.79 Å². The van der Waals surface area contributed by atoms with E-state index in [-0.39, 0.29) is 12.3 Å². The predicted octanol–water partition coefficient (Wildman–Crippen LogP) is 2.75. The molecule has 0 aliphatic carbocycles. The molecule has 0 bridgehead atoms. The topological polar surface area (TPSA) is 111 Å². The molecule has 140 valence electrons. The lowest BCUT2D eigenvalue weighted by molar-refractivity contribution is -0.115. The largest absolute Gasteiger partial charge is 0.326 e. The number of aromatic nitrogens is 6. The summed E-state index contributed by atoms with van der Waals surface area (Å²) in [4.78, 5) is 21.1. The Hall–Kier alpha value is -3.66. The minimum absolute atomic E-state index is 0.138. The Kier molecular flexibility index (Phi) is 5.02. The number of tetrazole rings is 1. The molecule has 0 radical (unpaired) electrons. The quantitative estimate of drug-likeness (QED) is 0.519. The molecule has 0 aliphatic rings. The summed E-state index contributed by atoms with van der Waals surface area (Å²) < 4.78 is 1.54. The second-order valence-electron chi connectivity index (χ2n) is 5.96. The molecule has 9 nitrogen and oxygen atoms in total. The highest BCUT2D eigenvalue weighted by Crippen LogP contribution is 2.20. The lowest BCUT2D eigenvalue weighted by Gasteiger charge is -2.05. The van der Waals surface area contributed by atoms with Crippen LogP contribution in [0, 0.1) is 6.92 Å². The number of hydrogen-bond acceptors (Lipinski definition) is 8. The molecule has 10 heteroatoms. The predicted molar refractivity (Wildman–Crippen MR) is 106 cm³/mol. The van der Waals surface area contributed by atoms with E-state index < -0.39 is 0 Å². The molecule has 2 N–H and O–H groups in total. The SMILES string of the molecule is Cc1cccc(Nc2nc(CC(=O)Nc3ccc(-n4cnnn4)cc3)cs2)n1. The third-order valence-corrected chi connectivity index (χ3v) is 4.59. The van der Waals surface area contributed by atoms with Crippen LogP contribution in [0.4, 0.5) is 16.6 Å². The Labute approximate surface area is 164 Å². The second kappa shape index (κ2) is 7.92. The van der Waals surface area contributed by atoms with Crippen molar-refractivity contribution in [2.45, 2.75) is 13.3 Å². The normalized spacial score (nSPS) is 10.6. The van der Waals surface area contributed by atoms with Gasteiger partial charge < -0.3 is 10.6 Å². The molecule has 0 spiro atoms. The fraction of sp³-hybridized carbons (Fsp3) is 0.111. The van der Waals surface area contributed by atoms with E-state index in [4.69, 9.17) is 0 Å². The fourth-order valence-electron chi connectivity index (χ4n) is 2.51. The number of carbonyl (C=O) groups excluding carboxylic acids is 1. The average molecular weight is 392 g/mol. The number of anilines is 3. The Morgan fingerprint density at radius 2 is 2.00 bits per heavy atom. The van der Waals surface area contributed by atoms with E-state index >= 15 is 0 Å². The summed E-state index contributed by atoms with van der Waals surface area (Å²) >= 11 is 1.44. The van der Waals surface area contributed by atoms with Crippen molar-refractivity contribution in [3.63, 3.8) is 0 Å². The number of amides is 1. The van der Waals surface area contributed by atoms with Crippen molar-refractivity contribution in [1.82, 2.24) is 30.2 Å². The number of nitrogens with one attached hydrogen (secondary N) is 2. The average Bonchev–Trinajstić information content (AvgIpc) is 3.35.